The second kappa shape index (κ2) is 5.46. The van der Waals surface area contributed by atoms with E-state index in [2.05, 4.69) is 21.2 Å². The van der Waals surface area contributed by atoms with Crippen molar-refractivity contribution in [2.45, 2.75) is 6.42 Å². The van der Waals surface area contributed by atoms with Crippen LogP contribution < -0.4 is 5.32 Å². The van der Waals surface area contributed by atoms with Gasteiger partial charge in [-0.2, -0.15) is 11.8 Å². The van der Waals surface area contributed by atoms with Gasteiger partial charge in [-0.1, -0.05) is 11.6 Å². The first-order valence-electron chi connectivity index (χ1n) is 5.02. The van der Waals surface area contributed by atoms with Crippen molar-refractivity contribution in [3.05, 3.63) is 27.7 Å². The van der Waals surface area contributed by atoms with Crippen molar-refractivity contribution in [2.24, 2.45) is 5.92 Å². The molecule has 1 N–H and O–H groups in total. The maximum absolute atomic E-state index is 5.95. The third kappa shape index (κ3) is 3.30. The molecule has 2 rings (SSSR count). The van der Waals surface area contributed by atoms with Crippen LogP contribution in [0.1, 0.15) is 6.42 Å². The van der Waals surface area contributed by atoms with E-state index in [4.69, 9.17) is 11.6 Å². The number of hydrogen-bond acceptors (Lipinski definition) is 2. The summed E-state index contributed by atoms with van der Waals surface area (Å²) in [7, 11) is 0. The maximum Gasteiger partial charge on any atom is 0.0499 e. The van der Waals surface area contributed by atoms with Crippen LogP contribution in [0.15, 0.2) is 22.7 Å². The normalized spacial score (nSPS) is 20.5. The van der Waals surface area contributed by atoms with Crippen molar-refractivity contribution >= 4 is 45.0 Å². The zero-order valence-electron chi connectivity index (χ0n) is 8.30. The number of halogens is 2. The van der Waals surface area contributed by atoms with Crippen molar-refractivity contribution in [1.29, 1.82) is 0 Å². The Balaban J connectivity index is 1.94. The summed E-state index contributed by atoms with van der Waals surface area (Å²) in [6.07, 6.45) is 1.33. The van der Waals surface area contributed by atoms with E-state index in [0.717, 1.165) is 27.6 Å². The Morgan fingerprint density at radius 3 is 3.13 bits per heavy atom. The lowest BCUT2D eigenvalue weighted by molar-refractivity contribution is 0.631. The average molecular weight is 307 g/mol. The molecule has 82 valence electrons. The van der Waals surface area contributed by atoms with Crippen LogP contribution in [0.2, 0.25) is 5.02 Å². The Bertz CT molecular complexity index is 339. The first-order chi connectivity index (χ1) is 7.25. The molecular formula is C11H13BrClNS. The molecule has 1 heterocycles. The summed E-state index contributed by atoms with van der Waals surface area (Å²) in [6.45, 7) is 1.05. The largest absolute Gasteiger partial charge is 0.384 e. The molecule has 15 heavy (non-hydrogen) atoms. The summed E-state index contributed by atoms with van der Waals surface area (Å²) in [5.41, 5.74) is 1.10. The molecule has 1 aromatic rings. The molecule has 0 aliphatic carbocycles. The number of nitrogens with one attached hydrogen (secondary N) is 1. The number of hydrogen-bond donors (Lipinski definition) is 1. The van der Waals surface area contributed by atoms with Crippen LogP contribution in [-0.2, 0) is 0 Å². The van der Waals surface area contributed by atoms with Crippen LogP contribution in [-0.4, -0.2) is 18.1 Å². The van der Waals surface area contributed by atoms with E-state index in [1.807, 2.05) is 30.0 Å². The quantitative estimate of drug-likeness (QED) is 0.895. The molecule has 0 radical (unpaired) electrons. The second-order valence-electron chi connectivity index (χ2n) is 3.73. The van der Waals surface area contributed by atoms with Gasteiger partial charge in [0.1, 0.15) is 0 Å². The van der Waals surface area contributed by atoms with E-state index in [-0.39, 0.29) is 0 Å². The van der Waals surface area contributed by atoms with Crippen LogP contribution in [0.4, 0.5) is 5.69 Å². The molecular weight excluding hydrogens is 294 g/mol. The number of rotatable bonds is 3. The Morgan fingerprint density at radius 1 is 1.53 bits per heavy atom. The van der Waals surface area contributed by atoms with Crippen LogP contribution in [0.25, 0.3) is 0 Å². The van der Waals surface area contributed by atoms with E-state index < -0.39 is 0 Å². The standard InChI is InChI=1S/C11H13BrClNS/c12-10-2-1-9(13)5-11(10)14-6-8-3-4-15-7-8/h1-2,5,8,14H,3-4,6-7H2. The molecule has 0 saturated carbocycles. The van der Waals surface area contributed by atoms with Gasteiger partial charge in [-0.15, -0.1) is 0 Å². The molecule has 1 fully saturated rings. The minimum absolute atomic E-state index is 0.779. The lowest BCUT2D eigenvalue weighted by atomic mass is 10.1. The van der Waals surface area contributed by atoms with Gasteiger partial charge in [0, 0.05) is 21.7 Å². The van der Waals surface area contributed by atoms with Gasteiger partial charge in [0.05, 0.1) is 0 Å². The van der Waals surface area contributed by atoms with Crippen LogP contribution in [0.3, 0.4) is 0 Å². The monoisotopic (exact) mass is 305 g/mol. The molecule has 1 unspecified atom stereocenters. The van der Waals surface area contributed by atoms with Crippen LogP contribution in [0.5, 0.6) is 0 Å². The van der Waals surface area contributed by atoms with Gasteiger partial charge in [0.2, 0.25) is 0 Å². The zero-order valence-corrected chi connectivity index (χ0v) is 11.5. The number of anilines is 1. The Kier molecular flexibility index (Phi) is 4.23. The molecule has 0 aromatic heterocycles. The van der Waals surface area contributed by atoms with Gasteiger partial charge < -0.3 is 5.32 Å². The highest BCUT2D eigenvalue weighted by Crippen LogP contribution is 2.28. The SMILES string of the molecule is Clc1ccc(Br)c(NCC2CCSC2)c1. The highest BCUT2D eigenvalue weighted by atomic mass is 79.9. The topological polar surface area (TPSA) is 12.0 Å². The van der Waals surface area contributed by atoms with Crippen molar-refractivity contribution in [2.75, 3.05) is 23.4 Å². The summed E-state index contributed by atoms with van der Waals surface area (Å²) in [4.78, 5) is 0. The molecule has 1 saturated heterocycles. The van der Waals surface area contributed by atoms with Crippen LogP contribution in [0, 0.1) is 5.92 Å². The van der Waals surface area contributed by atoms with Crippen molar-refractivity contribution < 1.29 is 0 Å². The van der Waals surface area contributed by atoms with Gasteiger partial charge in [0.25, 0.3) is 0 Å². The van der Waals surface area contributed by atoms with Crippen molar-refractivity contribution in [3.63, 3.8) is 0 Å². The number of thioether (sulfide) groups is 1. The summed E-state index contributed by atoms with van der Waals surface area (Å²) < 4.78 is 1.08. The average Bonchev–Trinajstić information content (AvgIpc) is 2.72. The predicted octanol–water partition coefficient (Wildman–Crippen LogP) is 4.27. The summed E-state index contributed by atoms with van der Waals surface area (Å²) in [5, 5.41) is 4.23. The van der Waals surface area contributed by atoms with Gasteiger partial charge in [0.15, 0.2) is 0 Å². The first-order valence-corrected chi connectivity index (χ1v) is 7.35. The molecule has 4 heteroatoms. The highest BCUT2D eigenvalue weighted by Gasteiger charge is 2.15. The first kappa shape index (κ1) is 11.6. The third-order valence-electron chi connectivity index (χ3n) is 2.53. The molecule has 0 bridgehead atoms. The number of benzene rings is 1. The minimum atomic E-state index is 0.779. The van der Waals surface area contributed by atoms with Gasteiger partial charge in [-0.05, 0) is 58.0 Å². The van der Waals surface area contributed by atoms with Gasteiger partial charge in [-0.25, -0.2) is 0 Å². The molecule has 1 aliphatic rings. The summed E-state index contributed by atoms with van der Waals surface area (Å²) >= 11 is 11.5. The molecule has 1 aliphatic heterocycles. The molecule has 1 nitrogen and oxygen atoms in total. The predicted molar refractivity (Wildman–Crippen MR) is 73.1 cm³/mol. The Labute approximate surface area is 108 Å². The van der Waals surface area contributed by atoms with E-state index >= 15 is 0 Å². The van der Waals surface area contributed by atoms with Gasteiger partial charge in [-0.3, -0.25) is 0 Å². The Morgan fingerprint density at radius 2 is 2.40 bits per heavy atom. The zero-order chi connectivity index (χ0) is 10.7. The van der Waals surface area contributed by atoms with E-state index in [1.54, 1.807) is 0 Å². The highest BCUT2D eigenvalue weighted by molar-refractivity contribution is 9.10. The fourth-order valence-electron chi connectivity index (χ4n) is 1.63. The summed E-state index contributed by atoms with van der Waals surface area (Å²) in [6, 6.07) is 5.84. The molecule has 1 atom stereocenters. The second-order valence-corrected chi connectivity index (χ2v) is 6.18. The lowest BCUT2D eigenvalue weighted by Crippen LogP contribution is -2.13. The van der Waals surface area contributed by atoms with Crippen LogP contribution >= 0.6 is 39.3 Å². The van der Waals surface area contributed by atoms with Crippen molar-refractivity contribution in [3.8, 4) is 0 Å². The van der Waals surface area contributed by atoms with E-state index in [0.29, 0.717) is 0 Å². The third-order valence-corrected chi connectivity index (χ3v) is 4.69. The molecule has 0 spiro atoms. The fraction of sp³-hybridized carbons (Fsp3) is 0.455. The summed E-state index contributed by atoms with van der Waals surface area (Å²) in [5.74, 6) is 3.40. The Hall–Kier alpha value is 0.140. The smallest absolute Gasteiger partial charge is 0.0499 e. The molecule has 0 amide bonds. The minimum Gasteiger partial charge on any atom is -0.384 e. The van der Waals surface area contributed by atoms with Gasteiger partial charge >= 0.3 is 0 Å². The molecule has 1 aromatic carbocycles. The fourth-order valence-corrected chi connectivity index (χ4v) is 3.48. The van der Waals surface area contributed by atoms with E-state index in [9.17, 15) is 0 Å². The maximum atomic E-state index is 5.95. The lowest BCUT2D eigenvalue weighted by Gasteiger charge is -2.12. The van der Waals surface area contributed by atoms with E-state index in [1.165, 1.54) is 17.9 Å². The van der Waals surface area contributed by atoms with Crippen molar-refractivity contribution in [1.82, 2.24) is 0 Å².